The van der Waals surface area contributed by atoms with E-state index in [1.54, 1.807) is 19.1 Å². The average Bonchev–Trinajstić information content (AvgIpc) is 2.71. The van der Waals surface area contributed by atoms with E-state index < -0.39 is 6.43 Å². The van der Waals surface area contributed by atoms with Gasteiger partial charge in [0.1, 0.15) is 0 Å². The lowest BCUT2D eigenvalue weighted by Gasteiger charge is -2.20. The minimum Gasteiger partial charge on any atom is -0.330 e. The van der Waals surface area contributed by atoms with E-state index in [2.05, 4.69) is 4.90 Å². The predicted molar refractivity (Wildman–Crippen MR) is 68.7 cm³/mol. The summed E-state index contributed by atoms with van der Waals surface area (Å²) in [5.74, 6) is 0.469. The lowest BCUT2D eigenvalue weighted by atomic mass is 9.96. The summed E-state index contributed by atoms with van der Waals surface area (Å²) >= 11 is 0. The van der Waals surface area contributed by atoms with Crippen LogP contribution in [0, 0.1) is 12.8 Å². The van der Waals surface area contributed by atoms with Crippen LogP contribution in [0.15, 0.2) is 18.2 Å². The van der Waals surface area contributed by atoms with E-state index in [9.17, 15) is 8.78 Å². The zero-order chi connectivity index (χ0) is 13.3. The highest BCUT2D eigenvalue weighted by atomic mass is 19.3. The summed E-state index contributed by atoms with van der Waals surface area (Å²) in [4.78, 5) is 2.21. The van der Waals surface area contributed by atoms with Crippen molar-refractivity contribution in [3.63, 3.8) is 0 Å². The molecule has 1 aromatic rings. The molecule has 0 aromatic heterocycles. The molecule has 0 amide bonds. The van der Waals surface area contributed by atoms with Crippen LogP contribution in [-0.2, 0) is 0 Å². The maximum atomic E-state index is 12.9. The number of aryl methyl sites for hydroxylation is 1. The standard InChI is InChI=1S/C14H20F2N2/c1-9-3-4-11(6-12(9)14(15)16)13-5-10(7-17)8-18(13)2/h3-4,6,10,13-14H,5,7-8,17H2,1-2H3. The second kappa shape index (κ2) is 5.33. The molecule has 100 valence electrons. The van der Waals surface area contributed by atoms with Crippen LogP contribution in [-0.4, -0.2) is 25.0 Å². The number of alkyl halides is 2. The van der Waals surface area contributed by atoms with Crippen LogP contribution in [0.4, 0.5) is 8.78 Å². The van der Waals surface area contributed by atoms with Crippen LogP contribution in [0.1, 0.15) is 35.6 Å². The largest absolute Gasteiger partial charge is 0.330 e. The van der Waals surface area contributed by atoms with Crippen molar-refractivity contribution in [3.8, 4) is 0 Å². The molecule has 2 rings (SSSR count). The van der Waals surface area contributed by atoms with Crippen molar-refractivity contribution in [1.29, 1.82) is 0 Å². The number of nitrogens with two attached hydrogens (primary N) is 1. The molecule has 2 N–H and O–H groups in total. The predicted octanol–water partition coefficient (Wildman–Crippen LogP) is 2.88. The summed E-state index contributed by atoms with van der Waals surface area (Å²) in [6.45, 7) is 3.33. The number of benzene rings is 1. The Morgan fingerprint density at radius 2 is 2.17 bits per heavy atom. The number of hydrogen-bond acceptors (Lipinski definition) is 2. The maximum absolute atomic E-state index is 12.9. The summed E-state index contributed by atoms with van der Waals surface area (Å²) < 4.78 is 25.8. The van der Waals surface area contributed by atoms with Crippen molar-refractivity contribution in [1.82, 2.24) is 4.90 Å². The van der Waals surface area contributed by atoms with E-state index in [0.29, 0.717) is 18.0 Å². The highest BCUT2D eigenvalue weighted by molar-refractivity contribution is 5.34. The molecular formula is C14H20F2N2. The summed E-state index contributed by atoms with van der Waals surface area (Å²) in [6.07, 6.45) is -1.44. The van der Waals surface area contributed by atoms with Gasteiger partial charge in [0.25, 0.3) is 6.43 Å². The molecule has 1 aliphatic heterocycles. The third-order valence-corrected chi connectivity index (χ3v) is 3.89. The Labute approximate surface area is 107 Å². The Bertz CT molecular complexity index is 420. The van der Waals surface area contributed by atoms with Crippen LogP contribution in [0.3, 0.4) is 0 Å². The fourth-order valence-electron chi connectivity index (χ4n) is 2.77. The zero-order valence-electron chi connectivity index (χ0n) is 10.9. The number of hydrogen-bond donors (Lipinski definition) is 1. The van der Waals surface area contributed by atoms with Gasteiger partial charge in [-0.05, 0) is 50.0 Å². The van der Waals surface area contributed by atoms with Gasteiger partial charge in [-0.3, -0.25) is 4.90 Å². The number of nitrogens with zero attached hydrogens (tertiary/aromatic N) is 1. The Balaban J connectivity index is 2.26. The molecular weight excluding hydrogens is 234 g/mol. The fourth-order valence-corrected chi connectivity index (χ4v) is 2.77. The first-order valence-corrected chi connectivity index (χ1v) is 6.31. The van der Waals surface area contributed by atoms with Crippen molar-refractivity contribution in [3.05, 3.63) is 34.9 Å². The summed E-state index contributed by atoms with van der Waals surface area (Å²) in [5.41, 5.74) is 7.48. The minimum atomic E-state index is -2.40. The molecule has 18 heavy (non-hydrogen) atoms. The highest BCUT2D eigenvalue weighted by Gasteiger charge is 2.30. The molecule has 0 bridgehead atoms. The Morgan fingerprint density at radius 3 is 2.72 bits per heavy atom. The molecule has 0 aliphatic carbocycles. The zero-order valence-corrected chi connectivity index (χ0v) is 10.9. The van der Waals surface area contributed by atoms with Crippen LogP contribution in [0.5, 0.6) is 0 Å². The normalized spacial score (nSPS) is 25.0. The van der Waals surface area contributed by atoms with Crippen LogP contribution in [0.25, 0.3) is 0 Å². The summed E-state index contributed by atoms with van der Waals surface area (Å²) in [7, 11) is 2.03. The Kier molecular flexibility index (Phi) is 3.97. The van der Waals surface area contributed by atoms with E-state index in [0.717, 1.165) is 18.5 Å². The first-order chi connectivity index (χ1) is 8.52. The summed E-state index contributed by atoms with van der Waals surface area (Å²) in [6, 6.07) is 5.62. The van der Waals surface area contributed by atoms with Crippen LogP contribution in [0.2, 0.25) is 0 Å². The van der Waals surface area contributed by atoms with E-state index in [-0.39, 0.29) is 11.6 Å². The second-order valence-electron chi connectivity index (χ2n) is 5.21. The van der Waals surface area contributed by atoms with E-state index in [1.165, 1.54) is 0 Å². The molecule has 1 saturated heterocycles. The molecule has 2 unspecified atom stereocenters. The molecule has 1 heterocycles. The van der Waals surface area contributed by atoms with Crippen molar-refractivity contribution in [2.24, 2.45) is 11.7 Å². The lowest BCUT2D eigenvalue weighted by molar-refractivity contribution is 0.150. The summed E-state index contributed by atoms with van der Waals surface area (Å²) in [5, 5.41) is 0. The molecule has 4 heteroatoms. The molecule has 0 spiro atoms. The highest BCUT2D eigenvalue weighted by Crippen LogP contribution is 2.35. The number of likely N-dealkylation sites (tertiary alicyclic amines) is 1. The van der Waals surface area contributed by atoms with Gasteiger partial charge in [0.05, 0.1) is 0 Å². The molecule has 1 fully saturated rings. The van der Waals surface area contributed by atoms with Gasteiger partial charge in [0.2, 0.25) is 0 Å². The van der Waals surface area contributed by atoms with E-state index >= 15 is 0 Å². The van der Waals surface area contributed by atoms with Gasteiger partial charge in [-0.1, -0.05) is 12.1 Å². The third-order valence-electron chi connectivity index (χ3n) is 3.89. The van der Waals surface area contributed by atoms with Gasteiger partial charge in [0.15, 0.2) is 0 Å². The number of halogens is 2. The van der Waals surface area contributed by atoms with E-state index in [1.807, 2.05) is 13.1 Å². The molecule has 2 atom stereocenters. The average molecular weight is 254 g/mol. The Morgan fingerprint density at radius 1 is 1.44 bits per heavy atom. The van der Waals surface area contributed by atoms with Crippen molar-refractivity contribution < 1.29 is 8.78 Å². The van der Waals surface area contributed by atoms with Gasteiger partial charge in [-0.15, -0.1) is 0 Å². The fraction of sp³-hybridized carbons (Fsp3) is 0.571. The third kappa shape index (κ3) is 2.54. The van der Waals surface area contributed by atoms with Gasteiger partial charge >= 0.3 is 0 Å². The van der Waals surface area contributed by atoms with Crippen molar-refractivity contribution in [2.45, 2.75) is 25.8 Å². The first kappa shape index (κ1) is 13.4. The Hall–Kier alpha value is -1.00. The van der Waals surface area contributed by atoms with Gasteiger partial charge in [-0.2, -0.15) is 0 Å². The van der Waals surface area contributed by atoms with Crippen LogP contribution >= 0.6 is 0 Å². The van der Waals surface area contributed by atoms with Gasteiger partial charge in [-0.25, -0.2) is 8.78 Å². The molecule has 1 aromatic carbocycles. The van der Waals surface area contributed by atoms with Gasteiger partial charge in [0, 0.05) is 18.2 Å². The monoisotopic (exact) mass is 254 g/mol. The SMILES string of the molecule is Cc1ccc(C2CC(CN)CN2C)cc1C(F)F. The first-order valence-electron chi connectivity index (χ1n) is 6.31. The van der Waals surface area contributed by atoms with Crippen LogP contribution < -0.4 is 5.73 Å². The maximum Gasteiger partial charge on any atom is 0.264 e. The second-order valence-corrected chi connectivity index (χ2v) is 5.21. The lowest BCUT2D eigenvalue weighted by Crippen LogP contribution is -2.20. The molecule has 0 radical (unpaired) electrons. The van der Waals surface area contributed by atoms with Crippen molar-refractivity contribution >= 4 is 0 Å². The van der Waals surface area contributed by atoms with Gasteiger partial charge < -0.3 is 5.73 Å². The topological polar surface area (TPSA) is 29.3 Å². The van der Waals surface area contributed by atoms with Crippen molar-refractivity contribution in [2.75, 3.05) is 20.1 Å². The quantitative estimate of drug-likeness (QED) is 0.898. The molecule has 1 aliphatic rings. The smallest absolute Gasteiger partial charge is 0.264 e. The minimum absolute atomic E-state index is 0.150. The number of rotatable bonds is 3. The molecule has 2 nitrogen and oxygen atoms in total. The van der Waals surface area contributed by atoms with E-state index in [4.69, 9.17) is 5.73 Å². The molecule has 0 saturated carbocycles.